The van der Waals surface area contributed by atoms with Gasteiger partial charge in [0, 0.05) is 134 Å². The van der Waals surface area contributed by atoms with Crippen molar-refractivity contribution in [1.29, 1.82) is 0 Å². The molecule has 14 atom stereocenters. The second-order valence-corrected chi connectivity index (χ2v) is 40.7. The molecule has 2 saturated carbocycles. The molecule has 0 aliphatic heterocycles. The van der Waals surface area contributed by atoms with Crippen molar-refractivity contribution >= 4 is 117 Å². The van der Waals surface area contributed by atoms with Crippen LogP contribution in [0, 0.1) is 35.5 Å². The lowest BCUT2D eigenvalue weighted by molar-refractivity contribution is 0.0263. The minimum absolute atomic E-state index is 0.0601. The third kappa shape index (κ3) is 24.4. The van der Waals surface area contributed by atoms with Gasteiger partial charge in [-0.2, -0.15) is 50.5 Å². The zero-order valence-corrected chi connectivity index (χ0v) is 63.8. The summed E-state index contributed by atoms with van der Waals surface area (Å²) in [4.78, 5) is 0. The zero-order valence-electron chi connectivity index (χ0n) is 53.8. The lowest BCUT2D eigenvalue weighted by atomic mass is 9.70. The van der Waals surface area contributed by atoms with Crippen LogP contribution in [0.5, 0.6) is 0 Å². The van der Waals surface area contributed by atoms with Crippen LogP contribution in [0.25, 0.3) is 0 Å². The fourth-order valence-corrected chi connectivity index (χ4v) is 33.0. The Bertz CT molecular complexity index is 1390. The largest absolute Gasteiger partial charge is 0.504 e. The minimum atomic E-state index is -3.24. The molecule has 2 aliphatic carbocycles. The van der Waals surface area contributed by atoms with E-state index in [2.05, 4.69) is 111 Å². The Balaban J connectivity index is 2.59. The average Bonchev–Trinajstić information content (AvgIpc) is 3.51. The Labute approximate surface area is 536 Å². The zero-order chi connectivity index (χ0) is 60.5. The molecule has 484 valence electrons. The van der Waals surface area contributed by atoms with Gasteiger partial charge in [0.1, 0.15) is 0 Å². The van der Waals surface area contributed by atoms with Crippen LogP contribution in [-0.2, 0) is 53.1 Å². The maximum atomic E-state index is 6.91. The van der Waals surface area contributed by atoms with E-state index >= 15 is 0 Å². The molecular weight excluding hydrogens is 1230 g/mol. The average molecular weight is 1350 g/mol. The van der Waals surface area contributed by atoms with Crippen LogP contribution in [0.4, 0.5) is 0 Å². The molecule has 23 heteroatoms. The lowest BCUT2D eigenvalue weighted by Gasteiger charge is -2.48. The summed E-state index contributed by atoms with van der Waals surface area (Å²) >= 11 is 21.0. The van der Waals surface area contributed by atoms with Gasteiger partial charge in [0.15, 0.2) is 0 Å². The molecule has 0 aromatic heterocycles. The van der Waals surface area contributed by atoms with Gasteiger partial charge in [0.05, 0.1) is 0 Å². The van der Waals surface area contributed by atoms with E-state index in [0.717, 1.165) is 101 Å². The molecule has 0 aromatic carbocycles. The van der Waals surface area contributed by atoms with Crippen molar-refractivity contribution in [2.45, 2.75) is 244 Å². The van der Waals surface area contributed by atoms with Gasteiger partial charge in [-0.1, -0.05) is 62.1 Å². The molecule has 0 amide bonds. The molecule has 0 bridgehead atoms. The fourth-order valence-electron chi connectivity index (χ4n) is 13.6. The number of thiol groups is 4. The number of rotatable bonds is 50. The lowest BCUT2D eigenvalue weighted by Crippen LogP contribution is -2.56. The van der Waals surface area contributed by atoms with E-state index in [4.69, 9.17) is 104 Å². The third-order valence-corrected chi connectivity index (χ3v) is 38.8. The van der Waals surface area contributed by atoms with Crippen molar-refractivity contribution in [1.82, 2.24) is 0 Å². The Hall–Kier alpha value is 2.84. The van der Waals surface area contributed by atoms with Gasteiger partial charge in [-0.25, -0.2) is 0 Å². The molecule has 2 fully saturated rings. The Morgan fingerprint density at radius 1 is 0.370 bits per heavy atom. The molecule has 0 heterocycles. The summed E-state index contributed by atoms with van der Waals surface area (Å²) in [6.07, 6.45) is 14.4. The second-order valence-electron chi connectivity index (χ2n) is 22.0. The first-order chi connectivity index (χ1) is 39.0. The second kappa shape index (κ2) is 44.4. The van der Waals surface area contributed by atoms with E-state index in [-0.39, 0.29) is 55.0 Å². The molecule has 0 N–H and O–H groups in total. The molecule has 2 rings (SSSR count). The summed E-state index contributed by atoms with van der Waals surface area (Å²) in [5.41, 5.74) is 0.389. The molecule has 0 saturated heterocycles. The molecule has 2 aliphatic rings. The van der Waals surface area contributed by atoms with Gasteiger partial charge >= 0.3 is 35.2 Å². The third-order valence-electron chi connectivity index (χ3n) is 17.1. The van der Waals surface area contributed by atoms with Crippen LogP contribution >= 0.6 is 81.9 Å². The summed E-state index contributed by atoms with van der Waals surface area (Å²) in [5, 5.41) is 0.443. The maximum Gasteiger partial charge on any atom is 0.504 e. The highest BCUT2D eigenvalue weighted by Crippen LogP contribution is 2.56. The van der Waals surface area contributed by atoms with Crippen LogP contribution in [0.15, 0.2) is 0 Å². The van der Waals surface area contributed by atoms with Crippen LogP contribution in [-0.4, -0.2) is 147 Å². The fraction of sp³-hybridized carbons (Fsp3) is 1.00. The Morgan fingerprint density at radius 3 is 0.877 bits per heavy atom. The minimum Gasteiger partial charge on any atom is -0.374 e. The van der Waals surface area contributed by atoms with Crippen molar-refractivity contribution < 1.29 is 53.1 Å². The molecular formula is C58H122O12S7Si4. The van der Waals surface area contributed by atoms with Crippen molar-refractivity contribution in [3.63, 3.8) is 0 Å². The normalized spacial score (nSPS) is 23.7. The predicted octanol–water partition coefficient (Wildman–Crippen LogP) is 17.1. The van der Waals surface area contributed by atoms with E-state index in [0.29, 0.717) is 103 Å². The van der Waals surface area contributed by atoms with Crippen molar-refractivity contribution in [2.75, 3.05) is 90.8 Å². The van der Waals surface area contributed by atoms with E-state index in [1.807, 2.05) is 31.4 Å². The summed E-state index contributed by atoms with van der Waals surface area (Å²) in [7, 11) is -6.50. The topological polar surface area (TPSA) is 111 Å². The van der Waals surface area contributed by atoms with E-state index in [1.165, 1.54) is 0 Å². The number of hydrogen-bond donors (Lipinski definition) is 4. The highest BCUT2D eigenvalue weighted by molar-refractivity contribution is 9.09. The van der Waals surface area contributed by atoms with Crippen molar-refractivity contribution in [2.24, 2.45) is 35.5 Å². The Morgan fingerprint density at radius 2 is 0.630 bits per heavy atom. The van der Waals surface area contributed by atoms with Crippen LogP contribution in [0.3, 0.4) is 0 Å². The summed E-state index contributed by atoms with van der Waals surface area (Å²) < 4.78 is 81.1. The van der Waals surface area contributed by atoms with Gasteiger partial charge in [-0.05, 0) is 205 Å². The predicted molar refractivity (Wildman–Crippen MR) is 369 cm³/mol. The maximum absolute atomic E-state index is 6.91. The molecule has 12 nitrogen and oxygen atoms in total. The summed E-state index contributed by atoms with van der Waals surface area (Å²) in [6, 6.07) is 0. The van der Waals surface area contributed by atoms with E-state index in [9.17, 15) is 0 Å². The standard InChI is InChI=1S/C58H122O12S7Si4/c1-17-31-53(71)55(73)43-57(80(65-25-9,66-26-10)67-27-11)51-41-49(45(15)78(59-19-3,60-20-4)61-21-5)35-33-47(51)37-39-75-77-76-40-38-48-34-36-50(46(16)79(62-22-6,63-23-7)64-24-8)42-52(48)58(44-56(74)54(72)32-18-2)81(68-28-12,69-29-13)70-30-14/h45-58,71-74H,17-44H2,1-16H3. The quantitative estimate of drug-likeness (QED) is 0.0201. The van der Waals surface area contributed by atoms with Gasteiger partial charge in [-0.3, -0.25) is 0 Å². The van der Waals surface area contributed by atoms with E-state index < -0.39 is 35.2 Å². The Kier molecular flexibility index (Phi) is 43.8. The van der Waals surface area contributed by atoms with Crippen LogP contribution < -0.4 is 0 Å². The molecule has 0 aromatic rings. The summed E-state index contributed by atoms with van der Waals surface area (Å²) in [6.45, 7) is 40.6. The first-order valence-corrected chi connectivity index (χ1v) is 45.4. The first-order valence-electron chi connectivity index (χ1n) is 32.3. The van der Waals surface area contributed by atoms with Gasteiger partial charge in [-0.15, -0.1) is 0 Å². The molecule has 0 spiro atoms. The van der Waals surface area contributed by atoms with Crippen molar-refractivity contribution in [3.8, 4) is 0 Å². The summed E-state index contributed by atoms with van der Waals surface area (Å²) in [5.74, 6) is 4.30. The van der Waals surface area contributed by atoms with Crippen LogP contribution in [0.1, 0.15) is 201 Å². The van der Waals surface area contributed by atoms with Gasteiger partial charge < -0.3 is 53.1 Å². The van der Waals surface area contributed by atoms with E-state index in [1.54, 1.807) is 0 Å². The monoisotopic (exact) mass is 1350 g/mol. The van der Waals surface area contributed by atoms with Crippen molar-refractivity contribution in [3.05, 3.63) is 0 Å². The highest BCUT2D eigenvalue weighted by atomic mass is 33.5. The molecule has 81 heavy (non-hydrogen) atoms. The highest BCUT2D eigenvalue weighted by Gasteiger charge is 2.60. The molecule has 0 radical (unpaired) electrons. The van der Waals surface area contributed by atoms with Crippen LogP contribution in [0.2, 0.25) is 22.2 Å². The number of hydrogen-bond acceptors (Lipinski definition) is 19. The van der Waals surface area contributed by atoms with Gasteiger partial charge in [0.25, 0.3) is 0 Å². The first kappa shape index (κ1) is 79.9. The molecule has 14 unspecified atom stereocenters. The SMILES string of the molecule is CCCC(S)C(S)CC(C1CC(C(C)[Si](OCC)(OCC)OCC)CCC1CCSSSCCC1CCC(C(C)[Si](OCC)(OCC)OCC)CC1C(CC(S)C(S)CCC)[Si](OCC)(OCC)OCC)[Si](OCC)(OCC)OCC. The smallest absolute Gasteiger partial charge is 0.374 e. The van der Waals surface area contributed by atoms with Gasteiger partial charge in [0.2, 0.25) is 0 Å².